The van der Waals surface area contributed by atoms with E-state index in [4.69, 9.17) is 0 Å². The Labute approximate surface area is 125 Å². The minimum Gasteiger partial charge on any atom is -0.389 e. The van der Waals surface area contributed by atoms with Gasteiger partial charge in [-0.3, -0.25) is 4.79 Å². The van der Waals surface area contributed by atoms with E-state index < -0.39 is 5.60 Å². The fourth-order valence-corrected chi connectivity index (χ4v) is 2.79. The van der Waals surface area contributed by atoms with E-state index in [1.54, 1.807) is 31.1 Å². The summed E-state index contributed by atoms with van der Waals surface area (Å²) in [5.74, 6) is -0.488. The largest absolute Gasteiger partial charge is 0.389 e. The summed E-state index contributed by atoms with van der Waals surface area (Å²) in [6.07, 6.45) is 3.45. The SMILES string of the molecule is CN(C)c1ccc(CNC(=O)CC2(O)CCCC2)cc1F. The predicted octanol–water partition coefficient (Wildman–Crippen LogP) is 2.20. The van der Waals surface area contributed by atoms with Gasteiger partial charge in [-0.25, -0.2) is 4.39 Å². The first kappa shape index (κ1) is 15.8. The van der Waals surface area contributed by atoms with Crippen LogP contribution in [0.5, 0.6) is 0 Å². The molecule has 2 rings (SSSR count). The average Bonchev–Trinajstić information content (AvgIpc) is 2.82. The first-order valence-electron chi connectivity index (χ1n) is 7.34. The molecule has 4 nitrogen and oxygen atoms in total. The average molecular weight is 294 g/mol. The Morgan fingerprint density at radius 2 is 2.05 bits per heavy atom. The summed E-state index contributed by atoms with van der Waals surface area (Å²) in [6, 6.07) is 4.92. The molecule has 1 aliphatic carbocycles. The highest BCUT2D eigenvalue weighted by molar-refractivity contribution is 5.77. The third-order valence-corrected chi connectivity index (χ3v) is 4.01. The van der Waals surface area contributed by atoms with Gasteiger partial charge in [-0.15, -0.1) is 0 Å². The van der Waals surface area contributed by atoms with Gasteiger partial charge in [0.1, 0.15) is 5.82 Å². The second-order valence-corrected chi connectivity index (χ2v) is 6.07. The van der Waals surface area contributed by atoms with Crippen LogP contribution < -0.4 is 10.2 Å². The molecular formula is C16H23FN2O2. The Kier molecular flexibility index (Phi) is 4.83. The fraction of sp³-hybridized carbons (Fsp3) is 0.562. The first-order valence-corrected chi connectivity index (χ1v) is 7.34. The molecule has 1 saturated carbocycles. The number of halogens is 1. The number of nitrogens with zero attached hydrogens (tertiary/aromatic N) is 1. The second-order valence-electron chi connectivity index (χ2n) is 6.07. The van der Waals surface area contributed by atoms with Crippen molar-refractivity contribution >= 4 is 11.6 Å². The van der Waals surface area contributed by atoms with Gasteiger partial charge in [-0.05, 0) is 30.5 Å². The number of rotatable bonds is 5. The van der Waals surface area contributed by atoms with Crippen LogP contribution in [0.1, 0.15) is 37.7 Å². The van der Waals surface area contributed by atoms with Gasteiger partial charge in [0, 0.05) is 20.6 Å². The maximum absolute atomic E-state index is 13.8. The van der Waals surface area contributed by atoms with Crippen LogP contribution in [-0.2, 0) is 11.3 Å². The molecular weight excluding hydrogens is 271 g/mol. The van der Waals surface area contributed by atoms with Gasteiger partial charge in [0.15, 0.2) is 0 Å². The molecule has 1 amide bonds. The standard InChI is InChI=1S/C16H23FN2O2/c1-19(2)14-6-5-12(9-13(14)17)11-18-15(20)10-16(21)7-3-4-8-16/h5-6,9,21H,3-4,7-8,10-11H2,1-2H3,(H,18,20). The Morgan fingerprint density at radius 3 is 2.62 bits per heavy atom. The van der Waals surface area contributed by atoms with Gasteiger partial charge in [0.25, 0.3) is 0 Å². The van der Waals surface area contributed by atoms with Crippen LogP contribution in [0.3, 0.4) is 0 Å². The van der Waals surface area contributed by atoms with Gasteiger partial charge in [-0.2, -0.15) is 0 Å². The molecule has 0 saturated heterocycles. The zero-order valence-corrected chi connectivity index (χ0v) is 12.7. The lowest BCUT2D eigenvalue weighted by Gasteiger charge is -2.21. The Bertz CT molecular complexity index is 511. The summed E-state index contributed by atoms with van der Waals surface area (Å²) >= 11 is 0. The topological polar surface area (TPSA) is 52.6 Å². The number of nitrogens with one attached hydrogen (secondary N) is 1. The molecule has 2 N–H and O–H groups in total. The molecule has 0 heterocycles. The number of carbonyl (C=O) groups is 1. The van der Waals surface area contributed by atoms with Crippen molar-refractivity contribution in [1.29, 1.82) is 0 Å². The van der Waals surface area contributed by atoms with E-state index >= 15 is 0 Å². The van der Waals surface area contributed by atoms with Crippen LogP contribution in [0.2, 0.25) is 0 Å². The zero-order chi connectivity index (χ0) is 15.5. The van der Waals surface area contributed by atoms with Crippen molar-refractivity contribution in [3.05, 3.63) is 29.6 Å². The van der Waals surface area contributed by atoms with Crippen LogP contribution in [0.4, 0.5) is 10.1 Å². The summed E-state index contributed by atoms with van der Waals surface area (Å²) in [5.41, 5.74) is 0.389. The van der Waals surface area contributed by atoms with Crippen molar-refractivity contribution in [2.24, 2.45) is 0 Å². The number of hydrogen-bond donors (Lipinski definition) is 2. The molecule has 1 aromatic carbocycles. The zero-order valence-electron chi connectivity index (χ0n) is 12.7. The summed E-state index contributed by atoms with van der Waals surface area (Å²) in [7, 11) is 3.56. The van der Waals surface area contributed by atoms with Crippen LogP contribution >= 0.6 is 0 Å². The number of amides is 1. The normalized spacial score (nSPS) is 16.8. The van der Waals surface area contributed by atoms with E-state index in [-0.39, 0.29) is 24.7 Å². The van der Waals surface area contributed by atoms with Crippen molar-refractivity contribution in [2.45, 2.75) is 44.2 Å². The van der Waals surface area contributed by atoms with Crippen molar-refractivity contribution in [2.75, 3.05) is 19.0 Å². The van der Waals surface area contributed by atoms with Crippen molar-refractivity contribution in [3.63, 3.8) is 0 Å². The number of anilines is 1. The smallest absolute Gasteiger partial charge is 0.223 e. The lowest BCUT2D eigenvalue weighted by molar-refractivity contribution is -0.126. The van der Waals surface area contributed by atoms with E-state index in [1.807, 2.05) is 0 Å². The highest BCUT2D eigenvalue weighted by Crippen LogP contribution is 2.32. The molecule has 0 spiro atoms. The Hall–Kier alpha value is -1.62. The molecule has 0 bridgehead atoms. The van der Waals surface area contributed by atoms with Gasteiger partial charge in [0.05, 0.1) is 17.7 Å². The second kappa shape index (κ2) is 6.43. The maximum Gasteiger partial charge on any atom is 0.223 e. The van der Waals surface area contributed by atoms with Crippen LogP contribution in [0, 0.1) is 5.82 Å². The number of hydrogen-bond acceptors (Lipinski definition) is 3. The Morgan fingerprint density at radius 1 is 1.38 bits per heavy atom. The Balaban J connectivity index is 1.88. The maximum atomic E-state index is 13.8. The van der Waals surface area contributed by atoms with Crippen molar-refractivity contribution in [1.82, 2.24) is 5.32 Å². The highest BCUT2D eigenvalue weighted by atomic mass is 19.1. The van der Waals surface area contributed by atoms with E-state index in [0.29, 0.717) is 24.1 Å². The minimum atomic E-state index is -0.843. The molecule has 1 aromatic rings. The van der Waals surface area contributed by atoms with E-state index in [2.05, 4.69) is 5.32 Å². The molecule has 0 aromatic heterocycles. The van der Waals surface area contributed by atoms with E-state index in [9.17, 15) is 14.3 Å². The molecule has 1 fully saturated rings. The molecule has 1 aliphatic rings. The van der Waals surface area contributed by atoms with Gasteiger partial charge in [0.2, 0.25) is 5.91 Å². The molecule has 0 atom stereocenters. The fourth-order valence-electron chi connectivity index (χ4n) is 2.79. The van der Waals surface area contributed by atoms with Gasteiger partial charge in [-0.1, -0.05) is 18.9 Å². The quantitative estimate of drug-likeness (QED) is 0.875. The monoisotopic (exact) mass is 294 g/mol. The third kappa shape index (κ3) is 4.17. The van der Waals surface area contributed by atoms with E-state index in [1.165, 1.54) is 6.07 Å². The predicted molar refractivity (Wildman–Crippen MR) is 80.6 cm³/mol. The summed E-state index contributed by atoms with van der Waals surface area (Å²) in [6.45, 7) is 0.277. The molecule has 0 unspecified atom stereocenters. The van der Waals surface area contributed by atoms with Gasteiger partial charge < -0.3 is 15.3 Å². The molecule has 5 heteroatoms. The number of aliphatic hydroxyl groups is 1. The molecule has 0 radical (unpaired) electrons. The lowest BCUT2D eigenvalue weighted by atomic mass is 9.97. The van der Waals surface area contributed by atoms with Crippen LogP contribution in [-0.4, -0.2) is 30.7 Å². The first-order chi connectivity index (χ1) is 9.89. The van der Waals surface area contributed by atoms with E-state index in [0.717, 1.165) is 12.8 Å². The molecule has 0 aliphatic heterocycles. The lowest BCUT2D eigenvalue weighted by Crippen LogP contribution is -2.34. The number of benzene rings is 1. The minimum absolute atomic E-state index is 0.130. The molecule has 21 heavy (non-hydrogen) atoms. The van der Waals surface area contributed by atoms with Crippen molar-refractivity contribution in [3.8, 4) is 0 Å². The highest BCUT2D eigenvalue weighted by Gasteiger charge is 2.33. The van der Waals surface area contributed by atoms with Crippen LogP contribution in [0.15, 0.2) is 18.2 Å². The van der Waals surface area contributed by atoms with Gasteiger partial charge >= 0.3 is 0 Å². The summed E-state index contributed by atoms with van der Waals surface area (Å²) in [4.78, 5) is 13.6. The van der Waals surface area contributed by atoms with Crippen LogP contribution in [0.25, 0.3) is 0 Å². The van der Waals surface area contributed by atoms with Crippen molar-refractivity contribution < 1.29 is 14.3 Å². The summed E-state index contributed by atoms with van der Waals surface area (Å²) in [5, 5.41) is 12.9. The third-order valence-electron chi connectivity index (χ3n) is 4.01. The summed E-state index contributed by atoms with van der Waals surface area (Å²) < 4.78 is 13.8. The molecule has 116 valence electrons. The number of carbonyl (C=O) groups excluding carboxylic acids is 1.